The Hall–Kier alpha value is -2.89. The second-order valence-corrected chi connectivity index (χ2v) is 5.84. The normalized spacial score (nSPS) is 20.0. The zero-order chi connectivity index (χ0) is 16.1. The van der Waals surface area contributed by atoms with Gasteiger partial charge in [0.1, 0.15) is 0 Å². The van der Waals surface area contributed by atoms with Crippen molar-refractivity contribution in [2.24, 2.45) is 0 Å². The van der Waals surface area contributed by atoms with Crippen molar-refractivity contribution in [2.45, 2.75) is 18.9 Å². The number of piperidine rings is 1. The van der Waals surface area contributed by atoms with E-state index in [9.17, 15) is 19.5 Å². The lowest BCUT2D eigenvalue weighted by Gasteiger charge is -2.31. The number of carboxylic acid groups (broad SMARTS) is 1. The summed E-state index contributed by atoms with van der Waals surface area (Å²) in [6.07, 6.45) is 0.995. The van der Waals surface area contributed by atoms with E-state index in [-0.39, 0.29) is 23.4 Å². The maximum Gasteiger partial charge on any atom is 0.336 e. The second kappa shape index (κ2) is 4.81. The molecule has 2 aliphatic rings. The highest BCUT2D eigenvalue weighted by atomic mass is 16.4. The fourth-order valence-electron chi connectivity index (χ4n) is 3.49. The molecule has 1 atom stereocenters. The van der Waals surface area contributed by atoms with Gasteiger partial charge in [-0.15, -0.1) is 0 Å². The summed E-state index contributed by atoms with van der Waals surface area (Å²) in [6, 6.07) is 8.28. The molecular formula is C17H14N2O4. The number of carboxylic acids is 1. The van der Waals surface area contributed by atoms with Gasteiger partial charge in [-0.2, -0.15) is 0 Å². The van der Waals surface area contributed by atoms with Gasteiger partial charge in [0.05, 0.1) is 17.3 Å². The van der Waals surface area contributed by atoms with E-state index in [4.69, 9.17) is 0 Å². The van der Waals surface area contributed by atoms with E-state index in [0.717, 1.165) is 5.69 Å². The first-order valence-corrected chi connectivity index (χ1v) is 7.47. The van der Waals surface area contributed by atoms with Gasteiger partial charge in [-0.1, -0.05) is 12.1 Å². The van der Waals surface area contributed by atoms with Crippen molar-refractivity contribution in [3.8, 4) is 0 Å². The van der Waals surface area contributed by atoms with Gasteiger partial charge in [-0.05, 0) is 30.0 Å². The molecule has 0 aliphatic carbocycles. The van der Waals surface area contributed by atoms with Crippen LogP contribution in [0.3, 0.4) is 0 Å². The van der Waals surface area contributed by atoms with Crippen molar-refractivity contribution >= 4 is 34.2 Å². The van der Waals surface area contributed by atoms with Crippen molar-refractivity contribution in [3.05, 3.63) is 41.5 Å². The first-order chi connectivity index (χ1) is 11.1. The van der Waals surface area contributed by atoms with Crippen LogP contribution in [0.2, 0.25) is 0 Å². The van der Waals surface area contributed by atoms with Gasteiger partial charge < -0.3 is 15.3 Å². The number of amides is 2. The Labute approximate surface area is 131 Å². The summed E-state index contributed by atoms with van der Waals surface area (Å²) >= 11 is 0. The summed E-state index contributed by atoms with van der Waals surface area (Å²) in [6.45, 7) is 0.417. The number of hydrogen-bond acceptors (Lipinski definition) is 3. The van der Waals surface area contributed by atoms with Gasteiger partial charge in [0, 0.05) is 23.9 Å². The monoisotopic (exact) mass is 310 g/mol. The zero-order valence-electron chi connectivity index (χ0n) is 12.2. The average molecular weight is 310 g/mol. The fourth-order valence-corrected chi connectivity index (χ4v) is 3.49. The minimum atomic E-state index is -1.01. The minimum Gasteiger partial charge on any atom is -0.478 e. The number of rotatable bonds is 2. The van der Waals surface area contributed by atoms with Crippen molar-refractivity contribution in [1.82, 2.24) is 5.32 Å². The molecule has 1 fully saturated rings. The molecule has 0 bridgehead atoms. The molecule has 1 saturated heterocycles. The Kier molecular flexibility index (Phi) is 2.87. The van der Waals surface area contributed by atoms with Gasteiger partial charge in [-0.3, -0.25) is 9.59 Å². The highest BCUT2D eigenvalue weighted by Crippen LogP contribution is 2.40. The molecule has 0 saturated carbocycles. The summed E-state index contributed by atoms with van der Waals surface area (Å²) in [5.41, 5.74) is 1.45. The Bertz CT molecular complexity index is 864. The van der Waals surface area contributed by atoms with Crippen LogP contribution >= 0.6 is 0 Å². The highest BCUT2D eigenvalue weighted by molar-refractivity contribution is 6.27. The number of hydrogen-bond donors (Lipinski definition) is 2. The summed E-state index contributed by atoms with van der Waals surface area (Å²) in [5.74, 6) is -1.14. The summed E-state index contributed by atoms with van der Waals surface area (Å²) in [5, 5.41) is 13.4. The van der Waals surface area contributed by atoms with Crippen LogP contribution in [0.5, 0.6) is 0 Å². The molecule has 6 nitrogen and oxygen atoms in total. The Morgan fingerprint density at radius 1 is 1.22 bits per heavy atom. The van der Waals surface area contributed by atoms with Crippen LogP contribution in [0.25, 0.3) is 10.8 Å². The number of benzene rings is 2. The van der Waals surface area contributed by atoms with Crippen molar-refractivity contribution in [1.29, 1.82) is 0 Å². The van der Waals surface area contributed by atoms with Crippen LogP contribution in [0.4, 0.5) is 5.69 Å². The molecule has 2 N–H and O–H groups in total. The van der Waals surface area contributed by atoms with Crippen molar-refractivity contribution < 1.29 is 19.5 Å². The maximum atomic E-state index is 12.8. The molecule has 1 unspecified atom stereocenters. The van der Waals surface area contributed by atoms with Gasteiger partial charge in [-0.25, -0.2) is 4.79 Å². The molecule has 2 aromatic carbocycles. The van der Waals surface area contributed by atoms with Crippen LogP contribution in [-0.2, 0) is 4.79 Å². The predicted molar refractivity (Wildman–Crippen MR) is 83.7 cm³/mol. The van der Waals surface area contributed by atoms with Crippen LogP contribution in [0.1, 0.15) is 33.6 Å². The highest BCUT2D eigenvalue weighted by Gasteiger charge is 2.37. The molecule has 2 aliphatic heterocycles. The van der Waals surface area contributed by atoms with E-state index < -0.39 is 5.97 Å². The molecule has 2 amide bonds. The quantitative estimate of drug-likeness (QED) is 0.885. The number of carbonyl (C=O) groups excluding carboxylic acids is 2. The largest absolute Gasteiger partial charge is 0.478 e. The third-order valence-electron chi connectivity index (χ3n) is 4.56. The first-order valence-electron chi connectivity index (χ1n) is 7.47. The molecule has 23 heavy (non-hydrogen) atoms. The predicted octanol–water partition coefficient (Wildman–Crippen LogP) is 1.78. The maximum absolute atomic E-state index is 12.8. The van der Waals surface area contributed by atoms with Crippen LogP contribution < -0.4 is 10.2 Å². The van der Waals surface area contributed by atoms with E-state index in [0.29, 0.717) is 35.7 Å². The summed E-state index contributed by atoms with van der Waals surface area (Å²) in [4.78, 5) is 37.3. The van der Waals surface area contributed by atoms with Gasteiger partial charge in [0.25, 0.3) is 5.91 Å². The minimum absolute atomic E-state index is 0.00298. The SMILES string of the molecule is O=C1CCC(N2C(=O)c3ccc(C(=O)O)c4cccc2c34)CN1. The van der Waals surface area contributed by atoms with E-state index in [2.05, 4.69) is 5.32 Å². The number of anilines is 1. The van der Waals surface area contributed by atoms with Gasteiger partial charge >= 0.3 is 5.97 Å². The smallest absolute Gasteiger partial charge is 0.336 e. The molecule has 2 heterocycles. The van der Waals surface area contributed by atoms with Crippen molar-refractivity contribution in [3.63, 3.8) is 0 Å². The van der Waals surface area contributed by atoms with E-state index in [1.54, 1.807) is 23.1 Å². The second-order valence-electron chi connectivity index (χ2n) is 5.84. The van der Waals surface area contributed by atoms with Crippen LogP contribution in [0.15, 0.2) is 30.3 Å². The third-order valence-corrected chi connectivity index (χ3v) is 4.56. The molecule has 4 rings (SSSR count). The number of aromatic carboxylic acids is 1. The standard InChI is InChI=1S/C17H14N2O4/c20-14-7-4-9(8-18-14)19-13-3-1-2-10-11(17(22)23)5-6-12(15(10)13)16(19)21/h1-3,5-6,9H,4,7-8H2,(H,18,20)(H,22,23). The molecule has 0 spiro atoms. The van der Waals surface area contributed by atoms with Crippen LogP contribution in [0, 0.1) is 0 Å². The molecule has 0 radical (unpaired) electrons. The van der Waals surface area contributed by atoms with Gasteiger partial charge in [0.15, 0.2) is 0 Å². The molecule has 116 valence electrons. The van der Waals surface area contributed by atoms with Gasteiger partial charge in [0.2, 0.25) is 5.91 Å². The molecule has 6 heteroatoms. The van der Waals surface area contributed by atoms with E-state index in [1.807, 2.05) is 6.07 Å². The zero-order valence-corrected chi connectivity index (χ0v) is 12.2. The molecular weight excluding hydrogens is 296 g/mol. The lowest BCUT2D eigenvalue weighted by molar-refractivity contribution is -0.122. The third kappa shape index (κ3) is 1.91. The summed E-state index contributed by atoms with van der Waals surface area (Å²) < 4.78 is 0. The van der Waals surface area contributed by atoms with Crippen molar-refractivity contribution in [2.75, 3.05) is 11.4 Å². The lowest BCUT2D eigenvalue weighted by Crippen LogP contribution is -2.49. The topological polar surface area (TPSA) is 86.7 Å². The molecule has 2 aromatic rings. The van der Waals surface area contributed by atoms with Crippen LogP contribution in [-0.4, -0.2) is 35.5 Å². The Morgan fingerprint density at radius 2 is 2.04 bits per heavy atom. The first kappa shape index (κ1) is 13.8. The lowest BCUT2D eigenvalue weighted by atomic mass is 10.00. The average Bonchev–Trinajstić information content (AvgIpc) is 2.83. The van der Waals surface area contributed by atoms with E-state index >= 15 is 0 Å². The summed E-state index contributed by atoms with van der Waals surface area (Å²) in [7, 11) is 0. The number of nitrogens with one attached hydrogen (secondary N) is 1. The Morgan fingerprint density at radius 3 is 2.74 bits per heavy atom. The fraction of sp³-hybridized carbons (Fsp3) is 0.235. The number of nitrogens with zero attached hydrogens (tertiary/aromatic N) is 1. The Balaban J connectivity index is 1.87. The molecule has 0 aromatic heterocycles. The number of carbonyl (C=O) groups is 3. The van der Waals surface area contributed by atoms with E-state index in [1.165, 1.54) is 6.07 Å².